The van der Waals surface area contributed by atoms with Gasteiger partial charge in [-0.3, -0.25) is 9.59 Å². The summed E-state index contributed by atoms with van der Waals surface area (Å²) in [6.07, 6.45) is 2.74. The van der Waals surface area contributed by atoms with Crippen molar-refractivity contribution in [3.05, 3.63) is 41.0 Å². The number of tetrazole rings is 1. The van der Waals surface area contributed by atoms with Gasteiger partial charge in [0.25, 0.3) is 5.91 Å². The molecule has 1 atom stereocenters. The molecule has 0 radical (unpaired) electrons. The molecule has 28 heavy (non-hydrogen) atoms. The Labute approximate surface area is 166 Å². The van der Waals surface area contributed by atoms with E-state index in [1.165, 1.54) is 6.33 Å². The van der Waals surface area contributed by atoms with Crippen LogP contribution in [0.4, 0.5) is 0 Å². The topological polar surface area (TPSA) is 84.2 Å². The first kappa shape index (κ1) is 18.5. The molecule has 9 heteroatoms. The predicted octanol–water partition coefficient (Wildman–Crippen LogP) is 2.00. The maximum Gasteiger partial charge on any atom is 0.263 e. The molecule has 1 saturated heterocycles. The standard InChI is InChI=1S/C19H22N6O2S/c1-23(2)19(27)18-17(14-5-3-4-6-15(14)28-18)13-7-9-24(11-13)16(26)8-10-25-12-20-21-22-25/h3-6,12-13H,7-11H2,1-2H3/t13-/m0/s1. The highest BCUT2D eigenvalue weighted by Crippen LogP contribution is 2.40. The van der Waals surface area contributed by atoms with Crippen LogP contribution in [0, 0.1) is 0 Å². The van der Waals surface area contributed by atoms with Gasteiger partial charge >= 0.3 is 0 Å². The van der Waals surface area contributed by atoms with Crippen LogP contribution in [0.1, 0.15) is 34.0 Å². The predicted molar refractivity (Wildman–Crippen MR) is 106 cm³/mol. The first-order valence-corrected chi connectivity index (χ1v) is 10.1. The molecule has 3 heterocycles. The van der Waals surface area contributed by atoms with Gasteiger partial charge in [0.1, 0.15) is 6.33 Å². The third kappa shape index (κ3) is 3.49. The Morgan fingerprint density at radius 3 is 2.86 bits per heavy atom. The zero-order chi connectivity index (χ0) is 19.7. The van der Waals surface area contributed by atoms with Gasteiger partial charge in [-0.1, -0.05) is 18.2 Å². The maximum atomic E-state index is 12.8. The number of nitrogens with zero attached hydrogens (tertiary/aromatic N) is 6. The smallest absolute Gasteiger partial charge is 0.263 e. The van der Waals surface area contributed by atoms with Crippen molar-refractivity contribution in [1.82, 2.24) is 30.0 Å². The normalized spacial score (nSPS) is 16.6. The minimum absolute atomic E-state index is 0.0275. The second-order valence-electron chi connectivity index (χ2n) is 7.19. The molecule has 2 aromatic heterocycles. The van der Waals surface area contributed by atoms with E-state index in [0.717, 1.165) is 26.9 Å². The van der Waals surface area contributed by atoms with Gasteiger partial charge in [-0.25, -0.2) is 4.68 Å². The van der Waals surface area contributed by atoms with E-state index in [4.69, 9.17) is 0 Å². The fourth-order valence-corrected chi connectivity index (χ4v) is 5.02. The maximum absolute atomic E-state index is 12.8. The number of benzene rings is 1. The molecule has 0 spiro atoms. The van der Waals surface area contributed by atoms with Gasteiger partial charge in [0.05, 0.1) is 11.4 Å². The Morgan fingerprint density at radius 1 is 1.29 bits per heavy atom. The van der Waals surface area contributed by atoms with E-state index in [9.17, 15) is 9.59 Å². The molecule has 2 amide bonds. The van der Waals surface area contributed by atoms with Crippen LogP contribution < -0.4 is 0 Å². The lowest BCUT2D eigenvalue weighted by atomic mass is 9.95. The number of aromatic nitrogens is 4. The number of rotatable bonds is 5. The summed E-state index contributed by atoms with van der Waals surface area (Å²) in [7, 11) is 3.56. The van der Waals surface area contributed by atoms with Crippen LogP contribution in [0.15, 0.2) is 30.6 Å². The van der Waals surface area contributed by atoms with Crippen molar-refractivity contribution >= 4 is 33.2 Å². The Morgan fingerprint density at radius 2 is 2.11 bits per heavy atom. The first-order valence-electron chi connectivity index (χ1n) is 9.26. The second-order valence-corrected chi connectivity index (χ2v) is 8.24. The molecule has 8 nitrogen and oxygen atoms in total. The zero-order valence-corrected chi connectivity index (χ0v) is 16.7. The summed E-state index contributed by atoms with van der Waals surface area (Å²) in [6.45, 7) is 1.82. The van der Waals surface area contributed by atoms with E-state index < -0.39 is 0 Å². The van der Waals surface area contributed by atoms with Crippen molar-refractivity contribution in [2.45, 2.75) is 25.3 Å². The van der Waals surface area contributed by atoms with Crippen LogP contribution in [0.2, 0.25) is 0 Å². The van der Waals surface area contributed by atoms with Gasteiger partial charge < -0.3 is 9.80 Å². The third-order valence-corrected chi connectivity index (χ3v) is 6.30. The molecule has 0 saturated carbocycles. The number of hydrogen-bond acceptors (Lipinski definition) is 6. The summed E-state index contributed by atoms with van der Waals surface area (Å²) in [6, 6.07) is 8.14. The Balaban J connectivity index is 1.54. The van der Waals surface area contributed by atoms with Crippen LogP contribution >= 0.6 is 11.3 Å². The quantitative estimate of drug-likeness (QED) is 0.656. The summed E-state index contributed by atoms with van der Waals surface area (Å²) in [5.74, 6) is 0.296. The highest BCUT2D eigenvalue weighted by atomic mass is 32.1. The van der Waals surface area contributed by atoms with Gasteiger partial charge in [0.15, 0.2) is 0 Å². The molecule has 0 bridgehead atoms. The van der Waals surface area contributed by atoms with Crippen LogP contribution in [-0.2, 0) is 11.3 Å². The summed E-state index contributed by atoms with van der Waals surface area (Å²) in [4.78, 5) is 29.7. The lowest BCUT2D eigenvalue weighted by Crippen LogP contribution is -2.29. The molecule has 4 rings (SSSR count). The van der Waals surface area contributed by atoms with Crippen molar-refractivity contribution in [3.8, 4) is 0 Å². The monoisotopic (exact) mass is 398 g/mol. The van der Waals surface area contributed by atoms with Gasteiger partial charge in [-0.15, -0.1) is 16.4 Å². The number of fused-ring (bicyclic) bond motifs is 1. The van der Waals surface area contributed by atoms with Crippen molar-refractivity contribution in [2.24, 2.45) is 0 Å². The number of likely N-dealkylation sites (tertiary alicyclic amines) is 1. The highest BCUT2D eigenvalue weighted by Gasteiger charge is 2.32. The van der Waals surface area contributed by atoms with E-state index in [1.54, 1.807) is 35.0 Å². The molecule has 1 aliphatic heterocycles. The fraction of sp³-hybridized carbons (Fsp3) is 0.421. The minimum atomic E-state index is 0.0275. The minimum Gasteiger partial charge on any atom is -0.344 e. The van der Waals surface area contributed by atoms with Gasteiger partial charge in [-0.2, -0.15) is 0 Å². The number of thiophene rings is 1. The summed E-state index contributed by atoms with van der Waals surface area (Å²) in [5.41, 5.74) is 1.09. The van der Waals surface area contributed by atoms with Gasteiger partial charge in [-0.05, 0) is 33.9 Å². The lowest BCUT2D eigenvalue weighted by Gasteiger charge is -2.18. The van der Waals surface area contributed by atoms with Crippen molar-refractivity contribution in [1.29, 1.82) is 0 Å². The van der Waals surface area contributed by atoms with E-state index in [2.05, 4.69) is 27.7 Å². The van der Waals surface area contributed by atoms with E-state index in [0.29, 0.717) is 26.1 Å². The molecule has 0 aliphatic carbocycles. The summed E-state index contributed by atoms with van der Waals surface area (Å²) in [5, 5.41) is 12.1. The van der Waals surface area contributed by atoms with Crippen LogP contribution in [0.5, 0.6) is 0 Å². The zero-order valence-electron chi connectivity index (χ0n) is 15.9. The molecule has 1 aliphatic rings. The largest absolute Gasteiger partial charge is 0.344 e. The Bertz CT molecular complexity index is 997. The van der Waals surface area contributed by atoms with Crippen molar-refractivity contribution in [2.75, 3.05) is 27.2 Å². The lowest BCUT2D eigenvalue weighted by molar-refractivity contribution is -0.130. The molecule has 146 valence electrons. The van der Waals surface area contributed by atoms with Gasteiger partial charge in [0.2, 0.25) is 5.91 Å². The van der Waals surface area contributed by atoms with Crippen LogP contribution in [0.25, 0.3) is 10.1 Å². The number of amides is 2. The SMILES string of the molecule is CN(C)C(=O)c1sc2ccccc2c1[C@H]1CCN(C(=O)CCn2cnnn2)C1. The van der Waals surface area contributed by atoms with Gasteiger partial charge in [0, 0.05) is 44.2 Å². The number of aryl methyl sites for hydroxylation is 1. The third-order valence-electron chi connectivity index (χ3n) is 5.13. The molecule has 1 aromatic carbocycles. The van der Waals surface area contributed by atoms with E-state index >= 15 is 0 Å². The number of carbonyl (C=O) groups is 2. The highest BCUT2D eigenvalue weighted by molar-refractivity contribution is 7.21. The molecular formula is C19H22N6O2S. The Hall–Kier alpha value is -2.81. The van der Waals surface area contributed by atoms with E-state index in [1.807, 2.05) is 17.0 Å². The first-order chi connectivity index (χ1) is 13.5. The average Bonchev–Trinajstić information content (AvgIpc) is 3.43. The summed E-state index contributed by atoms with van der Waals surface area (Å²) < 4.78 is 2.68. The molecule has 1 fully saturated rings. The fourth-order valence-electron chi connectivity index (χ4n) is 3.71. The van der Waals surface area contributed by atoms with Crippen LogP contribution in [0.3, 0.4) is 0 Å². The molecule has 0 N–H and O–H groups in total. The second kappa shape index (κ2) is 7.67. The molecule has 0 unspecified atom stereocenters. The van der Waals surface area contributed by atoms with Crippen molar-refractivity contribution < 1.29 is 9.59 Å². The summed E-state index contributed by atoms with van der Waals surface area (Å²) >= 11 is 1.55. The van der Waals surface area contributed by atoms with E-state index in [-0.39, 0.29) is 17.7 Å². The number of carbonyl (C=O) groups excluding carboxylic acids is 2. The number of hydrogen-bond donors (Lipinski definition) is 0. The Kier molecular flexibility index (Phi) is 5.08. The molecule has 3 aromatic rings. The van der Waals surface area contributed by atoms with Crippen LogP contribution in [-0.4, -0.2) is 69.0 Å². The van der Waals surface area contributed by atoms with Crippen molar-refractivity contribution in [3.63, 3.8) is 0 Å². The average molecular weight is 398 g/mol. The molecular weight excluding hydrogens is 376 g/mol.